The molecule has 0 bridgehead atoms. The molecule has 3 aromatic rings. The number of methoxy groups -OCH3 is 1. The highest BCUT2D eigenvalue weighted by atomic mass is 35.5. The number of carbonyl (C=O) groups excluding carboxylic acids is 2. The molecule has 1 heterocycles. The maximum atomic E-state index is 12.7. The molecule has 144 valence electrons. The van der Waals surface area contributed by atoms with Crippen molar-refractivity contribution in [3.63, 3.8) is 0 Å². The molecule has 0 radical (unpaired) electrons. The van der Waals surface area contributed by atoms with Crippen LogP contribution in [0.3, 0.4) is 0 Å². The maximum Gasteiger partial charge on any atom is 0.307 e. The van der Waals surface area contributed by atoms with Gasteiger partial charge in [0.15, 0.2) is 0 Å². The number of amides is 1. The van der Waals surface area contributed by atoms with Gasteiger partial charge in [-0.1, -0.05) is 41.9 Å². The molecule has 2 aromatic carbocycles. The fourth-order valence-corrected chi connectivity index (χ4v) is 2.85. The number of ether oxygens (including phenoxy) is 1. The van der Waals surface area contributed by atoms with Gasteiger partial charge in [0.05, 0.1) is 25.3 Å². The first-order valence-electron chi connectivity index (χ1n) is 8.60. The fraction of sp³-hybridized carbons (Fsp3) is 0.200. The van der Waals surface area contributed by atoms with E-state index in [-0.39, 0.29) is 12.2 Å². The van der Waals surface area contributed by atoms with E-state index in [0.717, 1.165) is 11.3 Å². The first kappa shape index (κ1) is 19.6. The van der Waals surface area contributed by atoms with E-state index in [2.05, 4.69) is 15.4 Å². The summed E-state index contributed by atoms with van der Waals surface area (Å²) < 4.78 is 6.30. The number of esters is 1. The van der Waals surface area contributed by atoms with Crippen molar-refractivity contribution in [2.45, 2.75) is 19.4 Å². The van der Waals surface area contributed by atoms with E-state index >= 15 is 0 Å². The Morgan fingerprint density at radius 1 is 1.14 bits per heavy atom. The summed E-state index contributed by atoms with van der Waals surface area (Å²) in [5.41, 5.74) is 1.53. The predicted octanol–water partition coefficient (Wildman–Crippen LogP) is 3.26. The predicted molar refractivity (Wildman–Crippen MR) is 104 cm³/mol. The maximum absolute atomic E-state index is 12.7. The Balaban J connectivity index is 1.83. The van der Waals surface area contributed by atoms with Crippen molar-refractivity contribution in [1.82, 2.24) is 20.1 Å². The molecule has 1 amide bonds. The molecule has 0 spiro atoms. The Kier molecular flexibility index (Phi) is 6.06. The normalized spacial score (nSPS) is 11.7. The number of carbonyl (C=O) groups is 2. The van der Waals surface area contributed by atoms with E-state index in [4.69, 9.17) is 16.3 Å². The van der Waals surface area contributed by atoms with Crippen LogP contribution in [-0.4, -0.2) is 33.8 Å². The lowest BCUT2D eigenvalue weighted by atomic mass is 10.0. The van der Waals surface area contributed by atoms with Crippen molar-refractivity contribution >= 4 is 23.5 Å². The SMILES string of the molecule is COC(=O)CC(NC(=O)c1nc(C)n(-c2ccc(Cl)cc2)n1)c1ccccc1. The summed E-state index contributed by atoms with van der Waals surface area (Å²) in [6, 6.07) is 15.7. The second-order valence-electron chi connectivity index (χ2n) is 6.09. The Morgan fingerprint density at radius 2 is 1.82 bits per heavy atom. The minimum Gasteiger partial charge on any atom is -0.469 e. The highest BCUT2D eigenvalue weighted by Gasteiger charge is 2.22. The van der Waals surface area contributed by atoms with Crippen LogP contribution in [0.15, 0.2) is 54.6 Å². The molecule has 0 fully saturated rings. The lowest BCUT2D eigenvalue weighted by Crippen LogP contribution is -2.31. The Labute approximate surface area is 167 Å². The molecule has 1 unspecified atom stereocenters. The van der Waals surface area contributed by atoms with Crippen LogP contribution >= 0.6 is 11.6 Å². The second kappa shape index (κ2) is 8.67. The second-order valence-corrected chi connectivity index (χ2v) is 6.52. The van der Waals surface area contributed by atoms with Gasteiger partial charge in [0.25, 0.3) is 5.91 Å². The molecule has 3 rings (SSSR count). The van der Waals surface area contributed by atoms with Crippen LogP contribution in [0.5, 0.6) is 0 Å². The number of nitrogens with zero attached hydrogens (tertiary/aromatic N) is 3. The average molecular weight is 399 g/mol. The third-order valence-electron chi connectivity index (χ3n) is 4.15. The monoisotopic (exact) mass is 398 g/mol. The summed E-state index contributed by atoms with van der Waals surface area (Å²) in [5, 5.41) is 7.71. The van der Waals surface area contributed by atoms with Gasteiger partial charge in [0.1, 0.15) is 5.82 Å². The summed E-state index contributed by atoms with van der Waals surface area (Å²) in [6.07, 6.45) is 0.00310. The molecule has 1 N–H and O–H groups in total. The third-order valence-corrected chi connectivity index (χ3v) is 4.40. The first-order valence-corrected chi connectivity index (χ1v) is 8.98. The van der Waals surface area contributed by atoms with E-state index in [1.165, 1.54) is 7.11 Å². The molecule has 1 aromatic heterocycles. The molecule has 0 saturated heterocycles. The lowest BCUT2D eigenvalue weighted by molar-refractivity contribution is -0.141. The van der Waals surface area contributed by atoms with Crippen LogP contribution in [0.4, 0.5) is 0 Å². The van der Waals surface area contributed by atoms with Crippen LogP contribution in [0.25, 0.3) is 5.69 Å². The van der Waals surface area contributed by atoms with E-state index in [9.17, 15) is 9.59 Å². The van der Waals surface area contributed by atoms with Crippen LogP contribution in [-0.2, 0) is 9.53 Å². The lowest BCUT2D eigenvalue weighted by Gasteiger charge is -2.17. The van der Waals surface area contributed by atoms with E-state index < -0.39 is 17.9 Å². The molecule has 7 nitrogen and oxygen atoms in total. The molecular weight excluding hydrogens is 380 g/mol. The standard InChI is InChI=1S/C20H19ClN4O3/c1-13-22-19(24-25(13)16-10-8-15(21)9-11-16)20(27)23-17(12-18(26)28-2)14-6-4-3-5-7-14/h3-11,17H,12H2,1-2H3,(H,23,27). The number of aromatic nitrogens is 3. The summed E-state index contributed by atoms with van der Waals surface area (Å²) in [4.78, 5) is 28.7. The molecule has 1 atom stereocenters. The van der Waals surface area contributed by atoms with Gasteiger partial charge < -0.3 is 10.1 Å². The van der Waals surface area contributed by atoms with Crippen molar-refractivity contribution in [2.75, 3.05) is 7.11 Å². The fourth-order valence-electron chi connectivity index (χ4n) is 2.72. The Morgan fingerprint density at radius 3 is 2.46 bits per heavy atom. The van der Waals surface area contributed by atoms with Crippen molar-refractivity contribution in [2.24, 2.45) is 0 Å². The Hall–Kier alpha value is -3.19. The van der Waals surface area contributed by atoms with Gasteiger partial charge in [-0.25, -0.2) is 9.67 Å². The minimum atomic E-state index is -0.552. The first-order chi connectivity index (χ1) is 13.5. The van der Waals surface area contributed by atoms with Crippen LogP contribution < -0.4 is 5.32 Å². The van der Waals surface area contributed by atoms with Crippen LogP contribution in [0, 0.1) is 6.92 Å². The molecule has 0 aliphatic carbocycles. The van der Waals surface area contributed by atoms with E-state index in [1.54, 1.807) is 35.9 Å². The van der Waals surface area contributed by atoms with Crippen molar-refractivity contribution in [3.05, 3.63) is 76.8 Å². The zero-order chi connectivity index (χ0) is 20.1. The highest BCUT2D eigenvalue weighted by molar-refractivity contribution is 6.30. The number of aryl methyl sites for hydroxylation is 1. The molecule has 28 heavy (non-hydrogen) atoms. The van der Waals surface area contributed by atoms with Crippen molar-refractivity contribution in [1.29, 1.82) is 0 Å². The van der Waals surface area contributed by atoms with Gasteiger partial charge in [0, 0.05) is 5.02 Å². The van der Waals surface area contributed by atoms with Gasteiger partial charge >= 0.3 is 5.97 Å². The highest BCUT2D eigenvalue weighted by Crippen LogP contribution is 2.18. The molecule has 0 saturated carbocycles. The number of halogens is 1. The quantitative estimate of drug-likeness (QED) is 0.644. The summed E-state index contributed by atoms with van der Waals surface area (Å²) in [5.74, 6) is -0.339. The number of nitrogens with one attached hydrogen (secondary N) is 1. The summed E-state index contributed by atoms with van der Waals surface area (Å²) >= 11 is 5.92. The molecule has 0 aliphatic heterocycles. The molecule has 0 aliphatic rings. The van der Waals surface area contributed by atoms with E-state index in [1.807, 2.05) is 30.3 Å². The smallest absolute Gasteiger partial charge is 0.307 e. The van der Waals surface area contributed by atoms with Gasteiger partial charge in [0.2, 0.25) is 5.82 Å². The summed E-state index contributed by atoms with van der Waals surface area (Å²) in [6.45, 7) is 1.75. The van der Waals surface area contributed by atoms with Crippen molar-refractivity contribution < 1.29 is 14.3 Å². The van der Waals surface area contributed by atoms with Gasteiger partial charge in [-0.05, 0) is 36.8 Å². The number of hydrogen-bond acceptors (Lipinski definition) is 5. The van der Waals surface area contributed by atoms with Crippen LogP contribution in [0.1, 0.15) is 34.5 Å². The van der Waals surface area contributed by atoms with Crippen molar-refractivity contribution in [3.8, 4) is 5.69 Å². The zero-order valence-electron chi connectivity index (χ0n) is 15.4. The molecular formula is C20H19ClN4O3. The number of hydrogen-bond donors (Lipinski definition) is 1. The third kappa shape index (κ3) is 4.55. The van der Waals surface area contributed by atoms with Gasteiger partial charge in [-0.15, -0.1) is 5.10 Å². The number of benzene rings is 2. The Bertz CT molecular complexity index is 971. The number of rotatable bonds is 6. The van der Waals surface area contributed by atoms with Gasteiger partial charge in [-0.2, -0.15) is 0 Å². The average Bonchev–Trinajstić information content (AvgIpc) is 3.10. The molecule has 8 heteroatoms. The minimum absolute atomic E-state index is 0.00310. The topological polar surface area (TPSA) is 86.1 Å². The summed E-state index contributed by atoms with van der Waals surface area (Å²) in [7, 11) is 1.31. The largest absolute Gasteiger partial charge is 0.469 e. The van der Waals surface area contributed by atoms with E-state index in [0.29, 0.717) is 10.8 Å². The van der Waals surface area contributed by atoms with Crippen LogP contribution in [0.2, 0.25) is 5.02 Å². The van der Waals surface area contributed by atoms with Gasteiger partial charge in [-0.3, -0.25) is 9.59 Å². The zero-order valence-corrected chi connectivity index (χ0v) is 16.2.